The summed E-state index contributed by atoms with van der Waals surface area (Å²) < 4.78 is 0. The van der Waals surface area contributed by atoms with Crippen molar-refractivity contribution in [2.75, 3.05) is 11.9 Å². The summed E-state index contributed by atoms with van der Waals surface area (Å²) in [5.41, 5.74) is 8.45. The largest absolute Gasteiger partial charge is 0.366 e. The third kappa shape index (κ3) is 2.48. The average Bonchev–Trinajstić information content (AvgIpc) is 2.29. The Morgan fingerprint density at radius 1 is 1.40 bits per heavy atom. The number of nitrogens with one attached hydrogen (secondary N) is 1. The molecular formula is C12H19N3. The molecule has 1 aliphatic carbocycles. The number of aryl methyl sites for hydroxylation is 2. The van der Waals surface area contributed by atoms with Gasteiger partial charge in [0, 0.05) is 18.8 Å². The van der Waals surface area contributed by atoms with Crippen LogP contribution in [-0.4, -0.2) is 17.6 Å². The standard InChI is InChI=1S/C12H19N3/c1-9(7-13)15-12-6-10-4-2-3-5-11(10)8-14-12/h6,8-9H,2-5,7,13H2,1H3,(H,14,15). The number of hydrogen-bond donors (Lipinski definition) is 2. The van der Waals surface area contributed by atoms with Crippen molar-refractivity contribution in [2.24, 2.45) is 5.73 Å². The van der Waals surface area contributed by atoms with Crippen molar-refractivity contribution in [3.8, 4) is 0 Å². The quantitative estimate of drug-likeness (QED) is 0.790. The molecule has 1 aromatic rings. The summed E-state index contributed by atoms with van der Waals surface area (Å²) in [5.74, 6) is 0.966. The Hall–Kier alpha value is -1.09. The molecule has 15 heavy (non-hydrogen) atoms. The molecule has 3 N–H and O–H groups in total. The third-order valence-corrected chi connectivity index (χ3v) is 2.97. The van der Waals surface area contributed by atoms with Crippen molar-refractivity contribution < 1.29 is 0 Å². The molecule has 1 atom stereocenters. The second-order valence-electron chi connectivity index (χ2n) is 4.33. The van der Waals surface area contributed by atoms with Gasteiger partial charge in [0.25, 0.3) is 0 Å². The van der Waals surface area contributed by atoms with Crippen molar-refractivity contribution in [2.45, 2.75) is 38.6 Å². The Morgan fingerprint density at radius 2 is 2.13 bits per heavy atom. The molecule has 0 radical (unpaired) electrons. The number of aromatic nitrogens is 1. The number of rotatable bonds is 3. The van der Waals surface area contributed by atoms with Gasteiger partial charge in [0.2, 0.25) is 0 Å². The fraction of sp³-hybridized carbons (Fsp3) is 0.583. The van der Waals surface area contributed by atoms with Gasteiger partial charge >= 0.3 is 0 Å². The molecule has 2 rings (SSSR count). The molecule has 0 amide bonds. The number of fused-ring (bicyclic) bond motifs is 1. The molecule has 0 spiro atoms. The van der Waals surface area contributed by atoms with Crippen molar-refractivity contribution in [3.63, 3.8) is 0 Å². The lowest BCUT2D eigenvalue weighted by Crippen LogP contribution is -2.25. The maximum atomic E-state index is 5.57. The van der Waals surface area contributed by atoms with Gasteiger partial charge < -0.3 is 11.1 Å². The number of hydrogen-bond acceptors (Lipinski definition) is 3. The second kappa shape index (κ2) is 4.62. The minimum Gasteiger partial charge on any atom is -0.366 e. The van der Waals surface area contributed by atoms with E-state index in [0.29, 0.717) is 12.6 Å². The first-order valence-electron chi connectivity index (χ1n) is 5.74. The lowest BCUT2D eigenvalue weighted by atomic mass is 9.93. The molecule has 0 aliphatic heterocycles. The van der Waals surface area contributed by atoms with Gasteiger partial charge in [0.05, 0.1) is 0 Å². The van der Waals surface area contributed by atoms with Crippen molar-refractivity contribution in [1.82, 2.24) is 4.98 Å². The van der Waals surface area contributed by atoms with Gasteiger partial charge in [-0.05, 0) is 49.8 Å². The Bertz CT molecular complexity index is 336. The average molecular weight is 205 g/mol. The van der Waals surface area contributed by atoms with Gasteiger partial charge in [0.15, 0.2) is 0 Å². The zero-order chi connectivity index (χ0) is 10.7. The maximum Gasteiger partial charge on any atom is 0.126 e. The third-order valence-electron chi connectivity index (χ3n) is 2.97. The van der Waals surface area contributed by atoms with E-state index in [2.05, 4.69) is 23.3 Å². The van der Waals surface area contributed by atoms with E-state index in [1.54, 1.807) is 0 Å². The predicted molar refractivity (Wildman–Crippen MR) is 63.0 cm³/mol. The Morgan fingerprint density at radius 3 is 2.87 bits per heavy atom. The van der Waals surface area contributed by atoms with Crippen LogP contribution in [0.3, 0.4) is 0 Å². The molecule has 0 bridgehead atoms. The van der Waals surface area contributed by atoms with Crippen LogP contribution in [0.25, 0.3) is 0 Å². The highest BCUT2D eigenvalue weighted by Crippen LogP contribution is 2.22. The second-order valence-corrected chi connectivity index (χ2v) is 4.33. The minimum absolute atomic E-state index is 0.291. The van der Waals surface area contributed by atoms with Gasteiger partial charge in [-0.15, -0.1) is 0 Å². The van der Waals surface area contributed by atoms with Gasteiger partial charge in [-0.3, -0.25) is 0 Å². The van der Waals surface area contributed by atoms with Crippen molar-refractivity contribution >= 4 is 5.82 Å². The molecule has 0 fully saturated rings. The van der Waals surface area contributed by atoms with Crippen LogP contribution in [0.2, 0.25) is 0 Å². The molecule has 3 nitrogen and oxygen atoms in total. The van der Waals surface area contributed by atoms with Crippen LogP contribution in [0.5, 0.6) is 0 Å². The molecule has 0 saturated carbocycles. The molecule has 1 aliphatic rings. The highest BCUT2D eigenvalue weighted by Gasteiger charge is 2.10. The van der Waals surface area contributed by atoms with E-state index in [4.69, 9.17) is 5.73 Å². The first kappa shape index (κ1) is 10.4. The Balaban J connectivity index is 2.13. The Labute approximate surface area is 91.1 Å². The molecule has 1 aromatic heterocycles. The van der Waals surface area contributed by atoms with Crippen LogP contribution in [0.4, 0.5) is 5.82 Å². The molecule has 1 heterocycles. The summed E-state index contributed by atoms with van der Waals surface area (Å²) in [4.78, 5) is 4.41. The molecule has 82 valence electrons. The number of anilines is 1. The van der Waals surface area contributed by atoms with E-state index in [1.807, 2.05) is 6.20 Å². The van der Waals surface area contributed by atoms with E-state index in [-0.39, 0.29) is 0 Å². The summed E-state index contributed by atoms with van der Waals surface area (Å²) >= 11 is 0. The van der Waals surface area contributed by atoms with E-state index in [0.717, 1.165) is 5.82 Å². The van der Waals surface area contributed by atoms with Gasteiger partial charge in [-0.1, -0.05) is 0 Å². The summed E-state index contributed by atoms with van der Waals surface area (Å²) in [7, 11) is 0. The maximum absolute atomic E-state index is 5.57. The molecule has 3 heteroatoms. The molecule has 1 unspecified atom stereocenters. The topological polar surface area (TPSA) is 50.9 Å². The Kier molecular flexibility index (Phi) is 3.21. The number of pyridine rings is 1. The fourth-order valence-electron chi connectivity index (χ4n) is 2.00. The lowest BCUT2D eigenvalue weighted by Gasteiger charge is -2.18. The SMILES string of the molecule is CC(CN)Nc1cc2c(cn1)CCCC2. The highest BCUT2D eigenvalue weighted by atomic mass is 15.0. The van der Waals surface area contributed by atoms with Gasteiger partial charge in [-0.25, -0.2) is 4.98 Å². The van der Waals surface area contributed by atoms with Gasteiger partial charge in [0.1, 0.15) is 5.82 Å². The molecular weight excluding hydrogens is 186 g/mol. The summed E-state index contributed by atoms with van der Waals surface area (Å²) in [6.45, 7) is 2.71. The lowest BCUT2D eigenvalue weighted by molar-refractivity contribution is 0.681. The zero-order valence-electron chi connectivity index (χ0n) is 9.29. The number of nitrogens with zero attached hydrogens (tertiary/aromatic N) is 1. The highest BCUT2D eigenvalue weighted by molar-refractivity contribution is 5.42. The van der Waals surface area contributed by atoms with Crippen molar-refractivity contribution in [1.29, 1.82) is 0 Å². The fourth-order valence-corrected chi connectivity index (χ4v) is 2.00. The minimum atomic E-state index is 0.291. The van der Waals surface area contributed by atoms with E-state index in [1.165, 1.54) is 36.8 Å². The van der Waals surface area contributed by atoms with Crippen LogP contribution in [0.1, 0.15) is 30.9 Å². The van der Waals surface area contributed by atoms with Crippen molar-refractivity contribution in [3.05, 3.63) is 23.4 Å². The van der Waals surface area contributed by atoms with E-state index in [9.17, 15) is 0 Å². The summed E-state index contributed by atoms with van der Waals surface area (Å²) in [5, 5.41) is 3.31. The van der Waals surface area contributed by atoms with Crippen LogP contribution < -0.4 is 11.1 Å². The summed E-state index contributed by atoms with van der Waals surface area (Å²) in [6.07, 6.45) is 7.02. The van der Waals surface area contributed by atoms with Crippen LogP contribution in [-0.2, 0) is 12.8 Å². The number of nitrogens with two attached hydrogens (primary N) is 1. The smallest absolute Gasteiger partial charge is 0.126 e. The molecule has 0 saturated heterocycles. The zero-order valence-corrected chi connectivity index (χ0v) is 9.29. The van der Waals surface area contributed by atoms with E-state index < -0.39 is 0 Å². The van der Waals surface area contributed by atoms with Crippen LogP contribution in [0, 0.1) is 0 Å². The molecule has 0 aromatic carbocycles. The van der Waals surface area contributed by atoms with Crippen LogP contribution >= 0.6 is 0 Å². The van der Waals surface area contributed by atoms with Crippen LogP contribution in [0.15, 0.2) is 12.3 Å². The van der Waals surface area contributed by atoms with Gasteiger partial charge in [-0.2, -0.15) is 0 Å². The monoisotopic (exact) mass is 205 g/mol. The normalized spacial score (nSPS) is 16.9. The predicted octanol–water partition coefficient (Wildman–Crippen LogP) is 1.72. The first-order chi connectivity index (χ1) is 7.29. The summed E-state index contributed by atoms with van der Waals surface area (Å²) in [6, 6.07) is 2.47. The first-order valence-corrected chi connectivity index (χ1v) is 5.74. The van der Waals surface area contributed by atoms with E-state index >= 15 is 0 Å².